The van der Waals surface area contributed by atoms with E-state index in [0.717, 1.165) is 0 Å². The number of hydrogen-bond acceptors (Lipinski definition) is 8. The lowest BCUT2D eigenvalue weighted by Gasteiger charge is -2.27. The van der Waals surface area contributed by atoms with Crippen LogP contribution in [0, 0.1) is 5.41 Å². The molecule has 0 spiro atoms. The summed E-state index contributed by atoms with van der Waals surface area (Å²) in [6.45, 7) is 4.88. The van der Waals surface area contributed by atoms with E-state index >= 15 is 0 Å². The lowest BCUT2D eigenvalue weighted by atomic mass is 9.87. The van der Waals surface area contributed by atoms with Crippen molar-refractivity contribution in [2.75, 3.05) is 6.61 Å². The molecule has 2 aromatic heterocycles. The van der Waals surface area contributed by atoms with Crippen LogP contribution in [-0.4, -0.2) is 46.4 Å². The molecule has 12 heteroatoms. The Bertz CT molecular complexity index is 1260. The second-order valence-corrected chi connectivity index (χ2v) is 9.78. The van der Waals surface area contributed by atoms with Crippen LogP contribution in [0.2, 0.25) is 0 Å². The predicted molar refractivity (Wildman–Crippen MR) is 135 cm³/mol. The molecule has 0 aliphatic carbocycles. The molecule has 4 amide bonds. The zero-order valence-corrected chi connectivity index (χ0v) is 21.3. The van der Waals surface area contributed by atoms with Crippen LogP contribution in [0.1, 0.15) is 76.1 Å². The number of furan rings is 1. The Morgan fingerprint density at radius 2 is 1.74 bits per heavy atom. The zero-order chi connectivity index (χ0) is 27.9. The molecule has 0 saturated carbocycles. The Labute approximate surface area is 219 Å². The topological polar surface area (TPSA) is 190 Å². The highest BCUT2D eigenvalue weighted by molar-refractivity contribution is 5.97. The molecule has 0 bridgehead atoms. The van der Waals surface area contributed by atoms with Gasteiger partial charge in [0.25, 0.3) is 17.7 Å². The molecule has 2 atom stereocenters. The van der Waals surface area contributed by atoms with Crippen molar-refractivity contribution in [1.29, 1.82) is 0 Å². The predicted octanol–water partition coefficient (Wildman–Crippen LogP) is 1.68. The Kier molecular flexibility index (Phi) is 9.02. The molecule has 6 N–H and O–H groups in total. The maximum Gasteiger partial charge on any atom is 0.271 e. The minimum Gasteiger partial charge on any atom is -0.472 e. The number of primary amides is 1. The van der Waals surface area contributed by atoms with Gasteiger partial charge in [-0.15, -0.1) is 0 Å². The SMILES string of the molecule is CC(C)(C)C[C@H](NC(=O)c1ccoc1)C(=O)N[C@@H](CO)c1nc(C(N)=O)c(CNC(=O)c2ccccc2)o1. The number of hydrogen-bond donors (Lipinski definition) is 5. The molecule has 38 heavy (non-hydrogen) atoms. The molecule has 0 aliphatic rings. The Morgan fingerprint density at radius 1 is 1.03 bits per heavy atom. The number of aliphatic hydroxyl groups is 1. The number of nitrogens with two attached hydrogens (primary N) is 1. The fraction of sp³-hybridized carbons (Fsp3) is 0.346. The lowest BCUT2D eigenvalue weighted by molar-refractivity contribution is -0.125. The maximum absolute atomic E-state index is 13.2. The van der Waals surface area contributed by atoms with Crippen molar-refractivity contribution in [2.24, 2.45) is 11.1 Å². The van der Waals surface area contributed by atoms with Crippen molar-refractivity contribution in [1.82, 2.24) is 20.9 Å². The zero-order valence-electron chi connectivity index (χ0n) is 21.3. The second kappa shape index (κ2) is 12.2. The monoisotopic (exact) mass is 525 g/mol. The first-order valence-electron chi connectivity index (χ1n) is 11.9. The summed E-state index contributed by atoms with van der Waals surface area (Å²) >= 11 is 0. The van der Waals surface area contributed by atoms with E-state index in [4.69, 9.17) is 14.6 Å². The molecule has 0 aliphatic heterocycles. The fourth-order valence-corrected chi connectivity index (χ4v) is 3.60. The normalized spacial score (nSPS) is 12.8. The summed E-state index contributed by atoms with van der Waals surface area (Å²) in [4.78, 5) is 54.1. The van der Waals surface area contributed by atoms with Gasteiger partial charge < -0.3 is 35.6 Å². The minimum absolute atomic E-state index is 0.0380. The minimum atomic E-state index is -1.16. The molecule has 0 fully saturated rings. The van der Waals surface area contributed by atoms with E-state index in [0.29, 0.717) is 5.56 Å². The van der Waals surface area contributed by atoms with Gasteiger partial charge in [-0.25, -0.2) is 4.98 Å². The summed E-state index contributed by atoms with van der Waals surface area (Å²) in [5.74, 6) is -2.66. The molecule has 12 nitrogen and oxygen atoms in total. The van der Waals surface area contributed by atoms with E-state index in [1.165, 1.54) is 18.6 Å². The number of oxazole rings is 1. The highest BCUT2D eigenvalue weighted by Gasteiger charge is 2.31. The van der Waals surface area contributed by atoms with Gasteiger partial charge in [0, 0.05) is 5.56 Å². The average molecular weight is 526 g/mol. The quantitative estimate of drug-likeness (QED) is 0.250. The third kappa shape index (κ3) is 7.53. The van der Waals surface area contributed by atoms with Crippen molar-refractivity contribution in [3.05, 3.63) is 77.4 Å². The van der Waals surface area contributed by atoms with Crippen LogP contribution in [0.3, 0.4) is 0 Å². The highest BCUT2D eigenvalue weighted by Crippen LogP contribution is 2.23. The molecule has 0 unspecified atom stereocenters. The van der Waals surface area contributed by atoms with Crippen LogP contribution in [0.15, 0.2) is 57.8 Å². The Balaban J connectivity index is 1.76. The van der Waals surface area contributed by atoms with Gasteiger partial charge in [0.2, 0.25) is 11.8 Å². The number of carbonyl (C=O) groups excluding carboxylic acids is 4. The van der Waals surface area contributed by atoms with Crippen LogP contribution in [0.25, 0.3) is 0 Å². The van der Waals surface area contributed by atoms with Gasteiger partial charge in [0.15, 0.2) is 11.5 Å². The van der Waals surface area contributed by atoms with Gasteiger partial charge in [-0.1, -0.05) is 39.0 Å². The van der Waals surface area contributed by atoms with Crippen molar-refractivity contribution in [2.45, 2.75) is 45.8 Å². The molecule has 2 heterocycles. The van der Waals surface area contributed by atoms with Gasteiger partial charge in [0.1, 0.15) is 18.3 Å². The third-order valence-corrected chi connectivity index (χ3v) is 5.41. The van der Waals surface area contributed by atoms with Gasteiger partial charge in [-0.3, -0.25) is 19.2 Å². The average Bonchev–Trinajstić information content (AvgIpc) is 3.55. The van der Waals surface area contributed by atoms with Crippen molar-refractivity contribution >= 4 is 23.6 Å². The molecule has 0 radical (unpaired) electrons. The van der Waals surface area contributed by atoms with Crippen LogP contribution >= 0.6 is 0 Å². The first-order valence-corrected chi connectivity index (χ1v) is 11.9. The van der Waals surface area contributed by atoms with Crippen LogP contribution in [-0.2, 0) is 11.3 Å². The van der Waals surface area contributed by atoms with Crippen molar-refractivity contribution in [3.63, 3.8) is 0 Å². The third-order valence-electron chi connectivity index (χ3n) is 5.41. The van der Waals surface area contributed by atoms with Crippen molar-refractivity contribution in [3.8, 4) is 0 Å². The largest absolute Gasteiger partial charge is 0.472 e. The number of nitrogens with zero attached hydrogens (tertiary/aromatic N) is 1. The summed E-state index contributed by atoms with van der Waals surface area (Å²) in [7, 11) is 0. The number of carbonyl (C=O) groups is 4. The van der Waals surface area contributed by atoms with E-state index in [1.54, 1.807) is 30.3 Å². The summed E-state index contributed by atoms with van der Waals surface area (Å²) in [5, 5.41) is 17.9. The molecule has 1 aromatic carbocycles. The van der Waals surface area contributed by atoms with Crippen LogP contribution in [0.4, 0.5) is 0 Å². The van der Waals surface area contributed by atoms with E-state index in [9.17, 15) is 24.3 Å². The van der Waals surface area contributed by atoms with E-state index in [-0.39, 0.29) is 41.3 Å². The summed E-state index contributed by atoms with van der Waals surface area (Å²) in [5.41, 5.74) is 5.48. The molecular weight excluding hydrogens is 494 g/mol. The van der Waals surface area contributed by atoms with E-state index in [1.807, 2.05) is 20.8 Å². The number of rotatable bonds is 11. The number of amides is 4. The van der Waals surface area contributed by atoms with Crippen LogP contribution in [0.5, 0.6) is 0 Å². The van der Waals surface area contributed by atoms with Gasteiger partial charge in [-0.2, -0.15) is 0 Å². The smallest absolute Gasteiger partial charge is 0.271 e. The fourth-order valence-electron chi connectivity index (χ4n) is 3.60. The highest BCUT2D eigenvalue weighted by atomic mass is 16.4. The Morgan fingerprint density at radius 3 is 2.32 bits per heavy atom. The lowest BCUT2D eigenvalue weighted by Crippen LogP contribution is -2.49. The van der Waals surface area contributed by atoms with Crippen LogP contribution < -0.4 is 21.7 Å². The molecule has 3 aromatic rings. The van der Waals surface area contributed by atoms with Gasteiger partial charge in [-0.05, 0) is 30.0 Å². The number of nitrogens with one attached hydrogen (secondary N) is 3. The summed E-state index contributed by atoms with van der Waals surface area (Å²) in [6, 6.07) is 7.75. The molecule has 3 rings (SSSR count). The molecular formula is C26H31N5O7. The second-order valence-electron chi connectivity index (χ2n) is 9.78. The number of aliphatic hydroxyl groups excluding tert-OH is 1. The summed E-state index contributed by atoms with van der Waals surface area (Å²) < 4.78 is 10.6. The summed E-state index contributed by atoms with van der Waals surface area (Å²) in [6.07, 6.45) is 2.87. The molecule has 202 valence electrons. The first-order chi connectivity index (χ1) is 18.0. The van der Waals surface area contributed by atoms with Gasteiger partial charge in [0.05, 0.1) is 25.0 Å². The first kappa shape index (κ1) is 28.1. The van der Waals surface area contributed by atoms with E-state index < -0.39 is 42.3 Å². The maximum atomic E-state index is 13.2. The molecule has 0 saturated heterocycles. The number of benzene rings is 1. The number of aromatic nitrogens is 1. The van der Waals surface area contributed by atoms with Gasteiger partial charge >= 0.3 is 0 Å². The van der Waals surface area contributed by atoms with Crippen molar-refractivity contribution < 1.29 is 33.1 Å². The standard InChI is InChI=1S/C26H31N5O7/c1-26(2,3)11-17(29-23(35)16-9-10-37-14-16)24(36)30-18(13-32)25-31-20(21(27)33)19(38-25)12-28-22(34)15-7-5-4-6-8-15/h4-10,14,17-18,32H,11-13H2,1-3H3,(H2,27,33)(H,28,34)(H,29,35)(H,30,36)/t17-,18-/m0/s1. The Hall–Kier alpha value is -4.45. The van der Waals surface area contributed by atoms with E-state index in [2.05, 4.69) is 20.9 Å².